The van der Waals surface area contributed by atoms with Crippen molar-refractivity contribution < 1.29 is 24.6 Å². The Labute approximate surface area is 294 Å². The summed E-state index contributed by atoms with van der Waals surface area (Å²) >= 11 is 3.28. The van der Waals surface area contributed by atoms with Crippen molar-refractivity contribution in [3.63, 3.8) is 0 Å². The zero-order chi connectivity index (χ0) is 35.9. The molecule has 0 radical (unpaired) electrons. The minimum Gasteiger partial charge on any atom is -0.507 e. The van der Waals surface area contributed by atoms with Crippen LogP contribution in [-0.4, -0.2) is 57.4 Å². The van der Waals surface area contributed by atoms with Crippen LogP contribution in [0.25, 0.3) is 22.8 Å². The van der Waals surface area contributed by atoms with Gasteiger partial charge in [0.1, 0.15) is 40.4 Å². The molecule has 254 valence electrons. The highest BCUT2D eigenvalue weighted by atomic mass is 79.9. The van der Waals surface area contributed by atoms with E-state index in [1.807, 2.05) is 32.0 Å². The second-order valence-corrected chi connectivity index (χ2v) is 11.3. The van der Waals surface area contributed by atoms with Crippen LogP contribution in [0.1, 0.15) is 19.4 Å². The largest absolute Gasteiger partial charge is 0.507 e. The van der Waals surface area contributed by atoms with Gasteiger partial charge in [-0.3, -0.25) is 10.1 Å². The molecule has 0 atom stereocenters. The Morgan fingerprint density at radius 2 is 1.50 bits per heavy atom. The molecule has 0 fully saturated rings. The molecule has 4 aromatic carbocycles. The Bertz CT molecular complexity index is 2080. The first-order valence-corrected chi connectivity index (χ1v) is 15.8. The van der Waals surface area contributed by atoms with Crippen molar-refractivity contribution >= 4 is 50.3 Å². The summed E-state index contributed by atoms with van der Waals surface area (Å²) < 4.78 is 10.7. The highest BCUT2D eigenvalue weighted by Gasteiger charge is 2.19. The number of azo groups is 1. The van der Waals surface area contributed by atoms with E-state index in [0.717, 1.165) is 11.8 Å². The number of anilines is 3. The van der Waals surface area contributed by atoms with Crippen molar-refractivity contribution in [2.45, 2.75) is 13.8 Å². The number of methoxy groups -OCH3 is 2. The average molecular weight is 741 g/mol. The fourth-order valence-corrected chi connectivity index (χ4v) is 5.45. The number of hydrogen-bond donors (Lipinski definition) is 3. The number of nitrogens with one attached hydrogen (secondary N) is 1. The Kier molecular flexibility index (Phi) is 10.7. The van der Waals surface area contributed by atoms with Crippen molar-refractivity contribution in [1.82, 2.24) is 15.0 Å². The van der Waals surface area contributed by atoms with Gasteiger partial charge >= 0.3 is 0 Å². The van der Waals surface area contributed by atoms with Crippen LogP contribution in [-0.2, 0) is 0 Å². The Balaban J connectivity index is 1.67. The number of aromatic nitrogens is 3. The number of nitriles is 1. The third kappa shape index (κ3) is 7.53. The molecule has 0 aliphatic carbocycles. The summed E-state index contributed by atoms with van der Waals surface area (Å²) in [5.41, 5.74) is 1.91. The van der Waals surface area contributed by atoms with E-state index in [4.69, 9.17) is 9.47 Å². The summed E-state index contributed by atoms with van der Waals surface area (Å²) in [6.45, 7) is 5.47. The van der Waals surface area contributed by atoms with E-state index in [9.17, 15) is 25.6 Å². The lowest BCUT2D eigenvalue weighted by Gasteiger charge is -2.22. The Hall–Kier alpha value is -6.34. The number of rotatable bonds is 12. The molecule has 5 rings (SSSR count). The van der Waals surface area contributed by atoms with E-state index in [1.54, 1.807) is 30.3 Å². The molecule has 5 aromatic rings. The third-order valence-electron chi connectivity index (χ3n) is 7.52. The van der Waals surface area contributed by atoms with Crippen molar-refractivity contribution in [3.8, 4) is 51.8 Å². The van der Waals surface area contributed by atoms with Gasteiger partial charge in [-0.2, -0.15) is 15.2 Å². The molecule has 1 aromatic heterocycles. The molecule has 16 heteroatoms. The summed E-state index contributed by atoms with van der Waals surface area (Å²) in [6.07, 6.45) is 0. The molecule has 1 heterocycles. The van der Waals surface area contributed by atoms with Gasteiger partial charge in [0.05, 0.1) is 46.0 Å². The first kappa shape index (κ1) is 35.0. The number of nitrogens with zero attached hydrogens (tertiary/aromatic N) is 8. The van der Waals surface area contributed by atoms with Gasteiger partial charge in [0, 0.05) is 43.0 Å². The van der Waals surface area contributed by atoms with E-state index < -0.39 is 4.92 Å². The monoisotopic (exact) mass is 739 g/mol. The molecule has 0 unspecified atom stereocenters. The topological polar surface area (TPSA) is 205 Å². The summed E-state index contributed by atoms with van der Waals surface area (Å²) in [5, 5.41) is 54.7. The van der Waals surface area contributed by atoms with Gasteiger partial charge in [-0.05, 0) is 72.2 Å². The van der Waals surface area contributed by atoms with Crippen LogP contribution in [0.4, 0.5) is 34.4 Å². The number of ether oxygens (including phenoxy) is 2. The summed E-state index contributed by atoms with van der Waals surface area (Å²) in [6, 6.07) is 19.1. The molecule has 15 nitrogen and oxygen atoms in total. The smallest absolute Gasteiger partial charge is 0.272 e. The number of aromatic hydroxyl groups is 2. The first-order valence-electron chi connectivity index (χ1n) is 15.1. The Morgan fingerprint density at radius 1 is 0.900 bits per heavy atom. The molecular formula is C34H30BrN9O6. The Morgan fingerprint density at radius 3 is 2.00 bits per heavy atom. The van der Waals surface area contributed by atoms with E-state index in [1.165, 1.54) is 32.4 Å². The highest BCUT2D eigenvalue weighted by molar-refractivity contribution is 9.10. The third-order valence-corrected chi connectivity index (χ3v) is 8.12. The average Bonchev–Trinajstić information content (AvgIpc) is 3.11. The number of phenols is 2. The lowest BCUT2D eigenvalue weighted by molar-refractivity contribution is -0.384. The zero-order valence-electron chi connectivity index (χ0n) is 27.2. The fourth-order valence-electron chi connectivity index (χ4n) is 4.93. The second kappa shape index (κ2) is 15.3. The number of nitro groups is 1. The minimum atomic E-state index is -0.602. The van der Waals surface area contributed by atoms with Crippen LogP contribution in [0, 0.1) is 21.4 Å². The van der Waals surface area contributed by atoms with Crippen molar-refractivity contribution in [1.29, 1.82) is 5.26 Å². The van der Waals surface area contributed by atoms with E-state index in [-0.39, 0.29) is 61.6 Å². The summed E-state index contributed by atoms with van der Waals surface area (Å²) in [5.74, 6) is 0.771. The van der Waals surface area contributed by atoms with Crippen LogP contribution in [0.2, 0.25) is 0 Å². The summed E-state index contributed by atoms with van der Waals surface area (Å²) in [7, 11) is 2.96. The van der Waals surface area contributed by atoms with E-state index >= 15 is 0 Å². The van der Waals surface area contributed by atoms with Crippen molar-refractivity contribution in [2.24, 2.45) is 10.2 Å². The van der Waals surface area contributed by atoms with Crippen LogP contribution in [0.5, 0.6) is 23.0 Å². The lowest BCUT2D eigenvalue weighted by Crippen LogP contribution is -2.21. The fraction of sp³-hybridized carbons (Fsp3) is 0.176. The molecule has 0 bridgehead atoms. The van der Waals surface area contributed by atoms with Gasteiger partial charge in [-0.25, -0.2) is 4.98 Å². The quantitative estimate of drug-likeness (QED) is 0.0629. The first-order chi connectivity index (χ1) is 24.1. The molecule has 3 N–H and O–H groups in total. The molecule has 0 amide bonds. The van der Waals surface area contributed by atoms with Crippen molar-refractivity contribution in [3.05, 3.63) is 86.9 Å². The summed E-state index contributed by atoms with van der Waals surface area (Å²) in [4.78, 5) is 26.6. The second-order valence-electron chi connectivity index (χ2n) is 10.5. The van der Waals surface area contributed by atoms with Gasteiger partial charge in [0.2, 0.25) is 5.95 Å². The van der Waals surface area contributed by atoms with Gasteiger partial charge in [-0.1, -0.05) is 0 Å². The maximum absolute atomic E-state index is 11.3. The SMILES string of the molecule is CCN(CC)c1ccc(N=Nc2c(Br)cc([N+](=O)[O-])cc2C#N)c(Nc2nc(-c3ccc(OC)cc3O)nc(-c3ccc(OC)cc3O)n2)c1. The molecule has 0 spiro atoms. The van der Waals surface area contributed by atoms with Crippen LogP contribution in [0.15, 0.2) is 81.4 Å². The lowest BCUT2D eigenvalue weighted by atomic mass is 10.1. The van der Waals surface area contributed by atoms with Gasteiger partial charge in [-0.15, -0.1) is 10.2 Å². The van der Waals surface area contributed by atoms with Crippen LogP contribution < -0.4 is 19.7 Å². The molecule has 0 saturated heterocycles. The minimum absolute atomic E-state index is 0.0396. The maximum atomic E-state index is 11.3. The van der Waals surface area contributed by atoms with Gasteiger partial charge < -0.3 is 29.9 Å². The number of hydrogen-bond acceptors (Lipinski definition) is 14. The number of non-ortho nitro benzene ring substituents is 1. The van der Waals surface area contributed by atoms with Crippen LogP contribution >= 0.6 is 15.9 Å². The van der Waals surface area contributed by atoms with Crippen LogP contribution in [0.3, 0.4) is 0 Å². The molecule has 50 heavy (non-hydrogen) atoms. The normalized spacial score (nSPS) is 10.9. The van der Waals surface area contributed by atoms with Gasteiger partial charge in [0.15, 0.2) is 11.6 Å². The molecule has 0 saturated carbocycles. The molecule has 0 aliphatic rings. The highest BCUT2D eigenvalue weighted by Crippen LogP contribution is 2.39. The predicted octanol–water partition coefficient (Wildman–Crippen LogP) is 8.18. The molecular weight excluding hydrogens is 710 g/mol. The number of nitro benzene ring substituents is 1. The van der Waals surface area contributed by atoms with E-state index in [0.29, 0.717) is 36.0 Å². The van der Waals surface area contributed by atoms with Crippen molar-refractivity contribution in [2.75, 3.05) is 37.5 Å². The standard InChI is InChI=1S/C34H30BrN9O6/c1-5-43(6-2)20-7-12-27(41-42-31-19(18-36)13-21(44(47)48)14-26(31)35)28(15-20)37-34-39-32(24-10-8-22(49-3)16-29(24)45)38-33(40-34)25-11-9-23(50-4)17-30(25)46/h7-17,45-46H,5-6H2,1-4H3,(H,37,38,39,40). The number of halogens is 1. The maximum Gasteiger partial charge on any atom is 0.272 e. The molecule has 0 aliphatic heterocycles. The number of phenolic OH excluding ortho intramolecular Hbond substituents is 2. The predicted molar refractivity (Wildman–Crippen MR) is 190 cm³/mol. The number of benzene rings is 4. The van der Waals surface area contributed by atoms with E-state index in [2.05, 4.69) is 51.3 Å². The zero-order valence-corrected chi connectivity index (χ0v) is 28.8. The van der Waals surface area contributed by atoms with Gasteiger partial charge in [0.25, 0.3) is 5.69 Å².